The molecular weight excluding hydrogens is 206 g/mol. The molecule has 1 aliphatic heterocycles. The van der Waals surface area contributed by atoms with Crippen LogP contribution in [-0.2, 0) is 4.74 Å². The summed E-state index contributed by atoms with van der Waals surface area (Å²) in [5.41, 5.74) is 6.16. The van der Waals surface area contributed by atoms with Gasteiger partial charge in [0.1, 0.15) is 0 Å². The van der Waals surface area contributed by atoms with Crippen LogP contribution in [-0.4, -0.2) is 29.8 Å². The van der Waals surface area contributed by atoms with Crippen molar-refractivity contribution in [2.24, 2.45) is 5.73 Å². The Morgan fingerprint density at radius 1 is 1.47 bits per heavy atom. The van der Waals surface area contributed by atoms with E-state index in [1.165, 1.54) is 25.7 Å². The monoisotopic (exact) mass is 231 g/mol. The summed E-state index contributed by atoms with van der Waals surface area (Å²) in [6, 6.07) is 0.367. The molecule has 1 saturated heterocycles. The Hall–Kier alpha value is 0.270. The second kappa shape index (κ2) is 7.53. The van der Waals surface area contributed by atoms with Gasteiger partial charge in [-0.15, -0.1) is 0 Å². The van der Waals surface area contributed by atoms with E-state index < -0.39 is 0 Å². The molecule has 0 radical (unpaired) electrons. The minimum Gasteiger partial charge on any atom is -0.377 e. The minimum absolute atomic E-state index is 0.367. The highest BCUT2D eigenvalue weighted by Gasteiger charge is 2.20. The highest BCUT2D eigenvalue weighted by molar-refractivity contribution is 8.00. The first kappa shape index (κ1) is 13.3. The van der Waals surface area contributed by atoms with Gasteiger partial charge in [0.2, 0.25) is 0 Å². The molecule has 15 heavy (non-hydrogen) atoms. The lowest BCUT2D eigenvalue weighted by Crippen LogP contribution is -2.32. The van der Waals surface area contributed by atoms with E-state index in [0.717, 1.165) is 18.8 Å². The third-order valence-electron chi connectivity index (χ3n) is 3.02. The summed E-state index contributed by atoms with van der Waals surface area (Å²) >= 11 is 2.02. The van der Waals surface area contributed by atoms with Gasteiger partial charge in [0.15, 0.2) is 0 Å². The fourth-order valence-electron chi connectivity index (χ4n) is 2.07. The van der Waals surface area contributed by atoms with E-state index in [-0.39, 0.29) is 0 Å². The normalized spacial score (nSPS) is 25.4. The van der Waals surface area contributed by atoms with Gasteiger partial charge in [-0.3, -0.25) is 0 Å². The number of thioether (sulfide) groups is 1. The second-order valence-corrected chi connectivity index (χ2v) is 5.64. The molecule has 2 nitrogen and oxygen atoms in total. The Morgan fingerprint density at radius 2 is 2.27 bits per heavy atom. The average molecular weight is 231 g/mol. The predicted molar refractivity (Wildman–Crippen MR) is 68.4 cm³/mol. The van der Waals surface area contributed by atoms with Gasteiger partial charge in [0.25, 0.3) is 0 Å². The van der Waals surface area contributed by atoms with Crippen LogP contribution in [0.3, 0.4) is 0 Å². The third-order valence-corrected chi connectivity index (χ3v) is 4.70. The maximum Gasteiger partial charge on any atom is 0.0666 e. The van der Waals surface area contributed by atoms with Gasteiger partial charge >= 0.3 is 0 Å². The first-order chi connectivity index (χ1) is 7.27. The quantitative estimate of drug-likeness (QED) is 0.732. The topological polar surface area (TPSA) is 35.2 Å². The minimum atomic E-state index is 0.367. The van der Waals surface area contributed by atoms with E-state index in [2.05, 4.69) is 13.8 Å². The zero-order valence-corrected chi connectivity index (χ0v) is 10.9. The van der Waals surface area contributed by atoms with E-state index in [1.54, 1.807) is 0 Å². The van der Waals surface area contributed by atoms with Gasteiger partial charge in [0, 0.05) is 23.7 Å². The summed E-state index contributed by atoms with van der Waals surface area (Å²) in [5.74, 6) is 1.13. The first-order valence-corrected chi connectivity index (χ1v) is 7.31. The average Bonchev–Trinajstić information content (AvgIpc) is 2.72. The molecule has 0 aromatic carbocycles. The fourth-order valence-corrected chi connectivity index (χ4v) is 3.41. The van der Waals surface area contributed by atoms with E-state index >= 15 is 0 Å². The zero-order valence-electron chi connectivity index (χ0n) is 10.1. The summed E-state index contributed by atoms with van der Waals surface area (Å²) in [5, 5.41) is 0.620. The zero-order chi connectivity index (χ0) is 11.1. The Balaban J connectivity index is 2.19. The molecule has 3 atom stereocenters. The summed E-state index contributed by atoms with van der Waals surface area (Å²) < 4.78 is 5.63. The standard InChI is InChI=1S/C12H25NOS/c1-3-6-11(13)12(4-2)15-9-10-7-5-8-14-10/h10-12H,3-9,13H2,1-2H3. The van der Waals surface area contributed by atoms with E-state index in [1.807, 2.05) is 11.8 Å². The fraction of sp³-hybridized carbons (Fsp3) is 1.00. The lowest BCUT2D eigenvalue weighted by molar-refractivity contribution is 0.128. The summed E-state index contributed by atoms with van der Waals surface area (Å²) in [6.45, 7) is 5.41. The van der Waals surface area contributed by atoms with Gasteiger partial charge < -0.3 is 10.5 Å². The number of ether oxygens (including phenoxy) is 1. The molecule has 0 aromatic heterocycles. The Morgan fingerprint density at radius 3 is 2.80 bits per heavy atom. The Bertz CT molecular complexity index is 160. The Kier molecular flexibility index (Phi) is 6.69. The van der Waals surface area contributed by atoms with Gasteiger partial charge in [-0.1, -0.05) is 20.3 Å². The second-order valence-electron chi connectivity index (χ2n) is 4.37. The van der Waals surface area contributed by atoms with Crippen LogP contribution < -0.4 is 5.73 Å². The van der Waals surface area contributed by atoms with Gasteiger partial charge in [-0.25, -0.2) is 0 Å². The van der Waals surface area contributed by atoms with Crippen LogP contribution in [0.25, 0.3) is 0 Å². The molecule has 0 aromatic rings. The van der Waals surface area contributed by atoms with Crippen LogP contribution in [0.5, 0.6) is 0 Å². The molecule has 0 spiro atoms. The molecule has 1 fully saturated rings. The predicted octanol–water partition coefficient (Wildman–Crippen LogP) is 2.80. The first-order valence-electron chi connectivity index (χ1n) is 6.26. The van der Waals surface area contributed by atoms with Gasteiger partial charge in [0.05, 0.1) is 6.10 Å². The van der Waals surface area contributed by atoms with Crippen molar-refractivity contribution in [2.75, 3.05) is 12.4 Å². The molecular formula is C12H25NOS. The highest BCUT2D eigenvalue weighted by Crippen LogP contribution is 2.24. The van der Waals surface area contributed by atoms with E-state index in [9.17, 15) is 0 Å². The van der Waals surface area contributed by atoms with Crippen LogP contribution >= 0.6 is 11.8 Å². The number of nitrogens with two attached hydrogens (primary N) is 1. The van der Waals surface area contributed by atoms with Crippen LogP contribution in [0.15, 0.2) is 0 Å². The van der Waals surface area contributed by atoms with Crippen LogP contribution in [0.1, 0.15) is 46.0 Å². The third kappa shape index (κ3) is 4.75. The number of hydrogen-bond acceptors (Lipinski definition) is 3. The van der Waals surface area contributed by atoms with Crippen molar-refractivity contribution >= 4 is 11.8 Å². The molecule has 0 amide bonds. The maximum absolute atomic E-state index is 6.16. The van der Waals surface area contributed by atoms with Crippen molar-refractivity contribution < 1.29 is 4.74 Å². The van der Waals surface area contributed by atoms with Crippen molar-refractivity contribution in [1.29, 1.82) is 0 Å². The maximum atomic E-state index is 6.16. The molecule has 1 heterocycles. The van der Waals surface area contributed by atoms with Gasteiger partial charge in [-0.05, 0) is 25.7 Å². The summed E-state index contributed by atoms with van der Waals surface area (Å²) in [4.78, 5) is 0. The van der Waals surface area contributed by atoms with Crippen molar-refractivity contribution in [1.82, 2.24) is 0 Å². The molecule has 0 saturated carbocycles. The summed E-state index contributed by atoms with van der Waals surface area (Å²) in [6.07, 6.45) is 6.50. The van der Waals surface area contributed by atoms with Crippen LogP contribution in [0.4, 0.5) is 0 Å². The smallest absolute Gasteiger partial charge is 0.0666 e. The van der Waals surface area contributed by atoms with Crippen LogP contribution in [0.2, 0.25) is 0 Å². The van der Waals surface area contributed by atoms with E-state index in [4.69, 9.17) is 10.5 Å². The van der Waals surface area contributed by atoms with E-state index in [0.29, 0.717) is 17.4 Å². The van der Waals surface area contributed by atoms with Crippen LogP contribution in [0, 0.1) is 0 Å². The molecule has 0 aliphatic carbocycles. The lowest BCUT2D eigenvalue weighted by Gasteiger charge is -2.23. The molecule has 1 aliphatic rings. The number of rotatable bonds is 7. The van der Waals surface area contributed by atoms with Gasteiger partial charge in [-0.2, -0.15) is 11.8 Å². The largest absolute Gasteiger partial charge is 0.377 e. The molecule has 0 bridgehead atoms. The molecule has 2 N–H and O–H groups in total. The van der Waals surface area contributed by atoms with Crippen molar-refractivity contribution in [2.45, 2.75) is 63.3 Å². The molecule has 3 unspecified atom stereocenters. The lowest BCUT2D eigenvalue weighted by atomic mass is 10.1. The summed E-state index contributed by atoms with van der Waals surface area (Å²) in [7, 11) is 0. The van der Waals surface area contributed by atoms with Crippen molar-refractivity contribution in [3.05, 3.63) is 0 Å². The molecule has 1 rings (SSSR count). The Labute approximate surface area is 98.3 Å². The highest BCUT2D eigenvalue weighted by atomic mass is 32.2. The number of hydrogen-bond donors (Lipinski definition) is 1. The molecule has 3 heteroatoms. The van der Waals surface area contributed by atoms with Crippen molar-refractivity contribution in [3.8, 4) is 0 Å². The molecule has 90 valence electrons. The SMILES string of the molecule is CCCC(N)C(CC)SCC1CCCO1. The van der Waals surface area contributed by atoms with Crippen molar-refractivity contribution in [3.63, 3.8) is 0 Å².